The van der Waals surface area contributed by atoms with Gasteiger partial charge in [0.25, 0.3) is 0 Å². The van der Waals surface area contributed by atoms with Crippen LogP contribution >= 0.6 is 11.6 Å². The number of hydrogen-bond acceptors (Lipinski definition) is 3. The monoisotopic (exact) mass is 274 g/mol. The fourth-order valence-electron chi connectivity index (χ4n) is 1.55. The molecule has 0 radical (unpaired) electrons. The number of hydrogen-bond donors (Lipinski definition) is 0. The molecule has 0 aliphatic carbocycles. The van der Waals surface area contributed by atoms with Gasteiger partial charge in [0.05, 0.1) is 12.0 Å². The summed E-state index contributed by atoms with van der Waals surface area (Å²) in [5.41, 5.74) is 1.10. The summed E-state index contributed by atoms with van der Waals surface area (Å²) in [5, 5.41) is 0.521. The van der Waals surface area contributed by atoms with Crippen LogP contribution in [0.5, 0.6) is 0 Å². The van der Waals surface area contributed by atoms with Crippen molar-refractivity contribution in [1.82, 2.24) is 0 Å². The molecule has 0 aromatic heterocycles. The predicted molar refractivity (Wildman–Crippen MR) is 72.0 cm³/mol. The van der Waals surface area contributed by atoms with Crippen molar-refractivity contribution in [2.75, 3.05) is 0 Å². The molecule has 2 rings (SSSR count). The fraction of sp³-hybridized carbons (Fsp3) is 0.0667. The van der Waals surface area contributed by atoms with E-state index in [1.807, 2.05) is 18.2 Å². The Bertz CT molecular complexity index is 576. The van der Waals surface area contributed by atoms with Crippen molar-refractivity contribution in [1.29, 1.82) is 0 Å². The number of esters is 2. The van der Waals surface area contributed by atoms with Gasteiger partial charge in [0.15, 0.2) is 0 Å². The molecule has 0 saturated heterocycles. The molecule has 3 nitrogen and oxygen atoms in total. The molecule has 96 valence electrons. The van der Waals surface area contributed by atoms with Crippen LogP contribution in [0.15, 0.2) is 54.6 Å². The molecule has 4 heteroatoms. The second kappa shape index (κ2) is 6.16. The fourth-order valence-corrected chi connectivity index (χ4v) is 1.67. The number of benzene rings is 2. The summed E-state index contributed by atoms with van der Waals surface area (Å²) in [6.45, 7) is 0. The van der Waals surface area contributed by atoms with Gasteiger partial charge in [-0.25, -0.2) is 4.79 Å². The van der Waals surface area contributed by atoms with Crippen molar-refractivity contribution in [2.24, 2.45) is 0 Å². The molecule has 0 fully saturated rings. The molecular formula is C15H11ClO3. The summed E-state index contributed by atoms with van der Waals surface area (Å²) in [6, 6.07) is 15.3. The Balaban J connectivity index is 1.95. The van der Waals surface area contributed by atoms with Gasteiger partial charge >= 0.3 is 11.9 Å². The van der Waals surface area contributed by atoms with E-state index in [2.05, 4.69) is 0 Å². The molecule has 0 spiro atoms. The van der Waals surface area contributed by atoms with Gasteiger partial charge in [-0.05, 0) is 29.8 Å². The van der Waals surface area contributed by atoms with Crippen molar-refractivity contribution >= 4 is 23.5 Å². The molecule has 0 saturated carbocycles. The average molecular weight is 275 g/mol. The van der Waals surface area contributed by atoms with Gasteiger partial charge in [-0.2, -0.15) is 0 Å². The number of carbonyl (C=O) groups excluding carboxylic acids is 2. The van der Waals surface area contributed by atoms with Crippen LogP contribution in [-0.4, -0.2) is 11.9 Å². The van der Waals surface area contributed by atoms with E-state index in [-0.39, 0.29) is 6.42 Å². The Kier molecular flexibility index (Phi) is 4.31. The lowest BCUT2D eigenvalue weighted by atomic mass is 10.1. The third-order valence-electron chi connectivity index (χ3n) is 2.48. The third kappa shape index (κ3) is 3.93. The van der Waals surface area contributed by atoms with E-state index in [1.165, 1.54) is 12.1 Å². The summed E-state index contributed by atoms with van der Waals surface area (Å²) in [4.78, 5) is 23.3. The zero-order valence-electron chi connectivity index (χ0n) is 10.0. The Labute approximate surface area is 115 Å². The average Bonchev–Trinajstić information content (AvgIpc) is 2.40. The molecular weight excluding hydrogens is 264 g/mol. The lowest BCUT2D eigenvalue weighted by Gasteiger charge is -2.03. The Hall–Kier alpha value is -2.13. The molecule has 0 atom stereocenters. The second-order valence-corrected chi connectivity index (χ2v) is 4.37. The molecule has 0 bridgehead atoms. The van der Waals surface area contributed by atoms with Crippen LogP contribution in [0.25, 0.3) is 0 Å². The van der Waals surface area contributed by atoms with E-state index in [1.54, 1.807) is 24.3 Å². The van der Waals surface area contributed by atoms with Crippen LogP contribution in [-0.2, 0) is 16.0 Å². The van der Waals surface area contributed by atoms with Crippen LogP contribution in [0, 0.1) is 0 Å². The SMILES string of the molecule is O=C(Cc1ccccc1)OC(=O)c1ccc(Cl)cc1. The maximum Gasteiger partial charge on any atom is 0.345 e. The van der Waals surface area contributed by atoms with E-state index in [9.17, 15) is 9.59 Å². The molecule has 0 amide bonds. The topological polar surface area (TPSA) is 43.4 Å². The number of rotatable bonds is 3. The second-order valence-electron chi connectivity index (χ2n) is 3.93. The molecule has 19 heavy (non-hydrogen) atoms. The minimum absolute atomic E-state index is 0.0696. The first-order valence-corrected chi connectivity index (χ1v) is 6.07. The van der Waals surface area contributed by atoms with Crippen LogP contribution in [0.4, 0.5) is 0 Å². The van der Waals surface area contributed by atoms with E-state index < -0.39 is 11.9 Å². The first-order valence-electron chi connectivity index (χ1n) is 5.69. The number of ether oxygens (including phenoxy) is 1. The van der Waals surface area contributed by atoms with Gasteiger partial charge < -0.3 is 4.74 Å². The Morgan fingerprint density at radius 3 is 2.21 bits per heavy atom. The summed E-state index contributed by atoms with van der Waals surface area (Å²) < 4.78 is 4.76. The van der Waals surface area contributed by atoms with E-state index >= 15 is 0 Å². The summed E-state index contributed by atoms with van der Waals surface area (Å²) >= 11 is 5.71. The summed E-state index contributed by atoms with van der Waals surface area (Å²) in [5.74, 6) is -1.25. The van der Waals surface area contributed by atoms with Crippen molar-refractivity contribution < 1.29 is 14.3 Å². The molecule has 2 aromatic rings. The molecule has 0 heterocycles. The van der Waals surface area contributed by atoms with Crippen molar-refractivity contribution in [2.45, 2.75) is 6.42 Å². The van der Waals surface area contributed by atoms with E-state index in [0.29, 0.717) is 10.6 Å². The molecule has 0 aliphatic heterocycles. The van der Waals surface area contributed by atoms with Crippen LogP contribution < -0.4 is 0 Å². The third-order valence-corrected chi connectivity index (χ3v) is 2.73. The quantitative estimate of drug-likeness (QED) is 0.637. The van der Waals surface area contributed by atoms with Gasteiger partial charge in [0, 0.05) is 5.02 Å². The lowest BCUT2D eigenvalue weighted by Crippen LogP contribution is -2.14. The highest BCUT2D eigenvalue weighted by atomic mass is 35.5. The lowest BCUT2D eigenvalue weighted by molar-refractivity contribution is -0.137. The zero-order valence-corrected chi connectivity index (χ0v) is 10.8. The first kappa shape index (κ1) is 13.3. The van der Waals surface area contributed by atoms with Gasteiger partial charge in [-0.1, -0.05) is 41.9 Å². The van der Waals surface area contributed by atoms with Crippen molar-refractivity contribution in [3.05, 3.63) is 70.7 Å². The normalized spacial score (nSPS) is 9.95. The van der Waals surface area contributed by atoms with Crippen LogP contribution in [0.3, 0.4) is 0 Å². The van der Waals surface area contributed by atoms with Crippen LogP contribution in [0.2, 0.25) is 5.02 Å². The number of halogens is 1. The van der Waals surface area contributed by atoms with Crippen molar-refractivity contribution in [3.8, 4) is 0 Å². The minimum atomic E-state index is -0.669. The minimum Gasteiger partial charge on any atom is -0.389 e. The zero-order chi connectivity index (χ0) is 13.7. The summed E-state index contributed by atoms with van der Waals surface area (Å²) in [7, 11) is 0. The van der Waals surface area contributed by atoms with Gasteiger partial charge in [0.1, 0.15) is 0 Å². The Morgan fingerprint density at radius 2 is 1.58 bits per heavy atom. The molecule has 0 unspecified atom stereocenters. The van der Waals surface area contributed by atoms with Gasteiger partial charge in [0.2, 0.25) is 0 Å². The highest BCUT2D eigenvalue weighted by Gasteiger charge is 2.13. The standard InChI is InChI=1S/C15H11ClO3/c16-13-8-6-12(7-9-13)15(18)19-14(17)10-11-4-2-1-3-5-11/h1-9H,10H2. The number of carbonyl (C=O) groups is 2. The predicted octanol–water partition coefficient (Wildman–Crippen LogP) is 3.27. The highest BCUT2D eigenvalue weighted by molar-refractivity contribution is 6.30. The molecule has 0 N–H and O–H groups in total. The van der Waals surface area contributed by atoms with E-state index in [0.717, 1.165) is 5.56 Å². The maximum atomic E-state index is 11.7. The summed E-state index contributed by atoms with van der Waals surface area (Å²) in [6.07, 6.45) is 0.0696. The molecule has 2 aromatic carbocycles. The smallest absolute Gasteiger partial charge is 0.345 e. The van der Waals surface area contributed by atoms with E-state index in [4.69, 9.17) is 16.3 Å². The van der Waals surface area contributed by atoms with Crippen molar-refractivity contribution in [3.63, 3.8) is 0 Å². The van der Waals surface area contributed by atoms with Gasteiger partial charge in [-0.3, -0.25) is 4.79 Å². The van der Waals surface area contributed by atoms with Crippen LogP contribution in [0.1, 0.15) is 15.9 Å². The maximum absolute atomic E-state index is 11.7. The molecule has 0 aliphatic rings. The Morgan fingerprint density at radius 1 is 0.947 bits per heavy atom. The first-order chi connectivity index (χ1) is 9.15. The largest absolute Gasteiger partial charge is 0.389 e. The highest BCUT2D eigenvalue weighted by Crippen LogP contribution is 2.11. The van der Waals surface area contributed by atoms with Gasteiger partial charge in [-0.15, -0.1) is 0 Å².